The highest BCUT2D eigenvalue weighted by Crippen LogP contribution is 2.24. The summed E-state index contributed by atoms with van der Waals surface area (Å²) in [6, 6.07) is 5.28. The highest BCUT2D eigenvalue weighted by Gasteiger charge is 2.22. The second kappa shape index (κ2) is 5.24. The Kier molecular flexibility index (Phi) is 3.77. The van der Waals surface area contributed by atoms with E-state index in [0.29, 0.717) is 16.6 Å². The molecular weight excluding hydrogens is 268 g/mol. The molecular formula is C16H20N2O3. The van der Waals surface area contributed by atoms with E-state index in [2.05, 4.69) is 0 Å². The van der Waals surface area contributed by atoms with Crippen LogP contribution in [0.25, 0.3) is 10.9 Å². The van der Waals surface area contributed by atoms with Crippen LogP contribution in [0.3, 0.4) is 0 Å². The average Bonchev–Trinajstić information content (AvgIpc) is 2.37. The van der Waals surface area contributed by atoms with Crippen LogP contribution in [-0.2, 0) is 10.3 Å². The molecule has 1 aromatic carbocycles. The van der Waals surface area contributed by atoms with Gasteiger partial charge in [0.1, 0.15) is 5.56 Å². The molecule has 0 unspecified atom stereocenters. The zero-order valence-electron chi connectivity index (χ0n) is 12.8. The van der Waals surface area contributed by atoms with E-state index in [1.54, 1.807) is 25.3 Å². The normalized spacial score (nSPS) is 11.6. The number of carbonyl (C=O) groups excluding carboxylic acids is 1. The summed E-state index contributed by atoms with van der Waals surface area (Å²) in [5, 5.41) is 0.359. The minimum Gasteiger partial charge on any atom is -0.462 e. The Bertz CT molecular complexity index is 754. The smallest absolute Gasteiger partial charge is 0.343 e. The Balaban J connectivity index is 2.91. The molecule has 0 radical (unpaired) electrons. The Morgan fingerprint density at radius 3 is 2.57 bits per heavy atom. The van der Waals surface area contributed by atoms with Gasteiger partial charge in [0.05, 0.1) is 17.5 Å². The molecule has 0 spiro atoms. The topological polar surface area (TPSA) is 74.3 Å². The van der Waals surface area contributed by atoms with E-state index in [-0.39, 0.29) is 23.1 Å². The van der Waals surface area contributed by atoms with Crippen LogP contribution >= 0.6 is 0 Å². The molecule has 0 bridgehead atoms. The molecule has 0 saturated heterocycles. The van der Waals surface area contributed by atoms with Gasteiger partial charge in [0.25, 0.3) is 0 Å². The summed E-state index contributed by atoms with van der Waals surface area (Å²) in [6.07, 6.45) is 1.56. The number of nitrogens with zero attached hydrogens (tertiary/aromatic N) is 1. The number of ether oxygens (including phenoxy) is 1. The quantitative estimate of drug-likeness (QED) is 0.680. The molecule has 21 heavy (non-hydrogen) atoms. The Morgan fingerprint density at radius 2 is 2.00 bits per heavy atom. The lowest BCUT2D eigenvalue weighted by Crippen LogP contribution is -2.28. The van der Waals surface area contributed by atoms with Crippen LogP contribution in [0.1, 0.15) is 38.1 Å². The number of aromatic nitrogens is 1. The van der Waals surface area contributed by atoms with Gasteiger partial charge in [0.15, 0.2) is 0 Å². The molecule has 0 aliphatic rings. The Hall–Kier alpha value is -2.30. The van der Waals surface area contributed by atoms with Crippen molar-refractivity contribution in [3.8, 4) is 0 Å². The lowest BCUT2D eigenvalue weighted by atomic mass is 10.0. The molecule has 1 heterocycles. The fourth-order valence-electron chi connectivity index (χ4n) is 2.31. The van der Waals surface area contributed by atoms with Crippen LogP contribution < -0.4 is 11.2 Å². The van der Waals surface area contributed by atoms with Crippen molar-refractivity contribution in [2.75, 3.05) is 12.3 Å². The van der Waals surface area contributed by atoms with Gasteiger partial charge in [-0.05, 0) is 39.8 Å². The molecule has 0 saturated carbocycles. The van der Waals surface area contributed by atoms with E-state index in [1.165, 1.54) is 0 Å². The largest absolute Gasteiger partial charge is 0.462 e. The third-order valence-corrected chi connectivity index (χ3v) is 3.28. The molecule has 2 rings (SSSR count). The number of pyridine rings is 1. The van der Waals surface area contributed by atoms with E-state index >= 15 is 0 Å². The van der Waals surface area contributed by atoms with E-state index in [9.17, 15) is 9.59 Å². The van der Waals surface area contributed by atoms with E-state index in [1.807, 2.05) is 31.4 Å². The summed E-state index contributed by atoms with van der Waals surface area (Å²) < 4.78 is 6.85. The van der Waals surface area contributed by atoms with Crippen LogP contribution in [0.4, 0.5) is 5.69 Å². The fourth-order valence-corrected chi connectivity index (χ4v) is 2.31. The first kappa shape index (κ1) is 15.1. The Labute approximate surface area is 123 Å². The molecule has 2 N–H and O–H groups in total. The highest BCUT2D eigenvalue weighted by molar-refractivity contribution is 5.97. The van der Waals surface area contributed by atoms with E-state index in [4.69, 9.17) is 10.5 Å². The van der Waals surface area contributed by atoms with Crippen LogP contribution in [0, 0.1) is 0 Å². The number of hydrogen-bond acceptors (Lipinski definition) is 4. The molecule has 0 fully saturated rings. The molecule has 5 heteroatoms. The first-order valence-corrected chi connectivity index (χ1v) is 6.88. The van der Waals surface area contributed by atoms with Crippen molar-refractivity contribution in [3.05, 3.63) is 40.2 Å². The highest BCUT2D eigenvalue weighted by atomic mass is 16.5. The van der Waals surface area contributed by atoms with Gasteiger partial charge in [0, 0.05) is 17.4 Å². The number of hydrogen-bond donors (Lipinski definition) is 1. The lowest BCUT2D eigenvalue weighted by molar-refractivity contribution is 0.0524. The van der Waals surface area contributed by atoms with Crippen molar-refractivity contribution in [2.24, 2.45) is 0 Å². The van der Waals surface area contributed by atoms with Crippen molar-refractivity contribution in [1.82, 2.24) is 4.57 Å². The number of fused-ring (bicyclic) bond motifs is 1. The maximum Gasteiger partial charge on any atom is 0.343 e. The number of esters is 1. The van der Waals surface area contributed by atoms with Gasteiger partial charge in [0.2, 0.25) is 5.43 Å². The third kappa shape index (κ3) is 2.63. The number of benzene rings is 1. The third-order valence-electron chi connectivity index (χ3n) is 3.28. The van der Waals surface area contributed by atoms with Crippen molar-refractivity contribution >= 4 is 22.6 Å². The fraction of sp³-hybridized carbons (Fsp3) is 0.375. The molecule has 2 aromatic rings. The van der Waals surface area contributed by atoms with Gasteiger partial charge >= 0.3 is 5.97 Å². The lowest BCUT2D eigenvalue weighted by Gasteiger charge is -2.26. The monoisotopic (exact) mass is 288 g/mol. The molecule has 0 amide bonds. The first-order chi connectivity index (χ1) is 9.77. The standard InChI is InChI=1S/C16H20N2O3/c1-5-21-15(20)10-9-18(16(2,3)4)12-8-6-7-11(17)13(12)14(10)19/h6-9H,5,17H2,1-4H3. The van der Waals surface area contributed by atoms with Crippen molar-refractivity contribution < 1.29 is 9.53 Å². The van der Waals surface area contributed by atoms with Crippen LogP contribution in [0.5, 0.6) is 0 Å². The SMILES string of the molecule is CCOC(=O)c1cn(C(C)(C)C)c2cccc(N)c2c1=O. The predicted molar refractivity (Wildman–Crippen MR) is 83.6 cm³/mol. The molecule has 1 aromatic heterocycles. The van der Waals surface area contributed by atoms with E-state index < -0.39 is 5.97 Å². The molecule has 0 aliphatic heterocycles. The van der Waals surface area contributed by atoms with Crippen molar-refractivity contribution in [2.45, 2.75) is 33.2 Å². The zero-order valence-corrected chi connectivity index (χ0v) is 12.8. The van der Waals surface area contributed by atoms with Gasteiger partial charge in [-0.1, -0.05) is 6.07 Å². The van der Waals surface area contributed by atoms with Gasteiger partial charge < -0.3 is 15.0 Å². The molecule has 5 nitrogen and oxygen atoms in total. The number of nitrogen functional groups attached to an aromatic ring is 1. The molecule has 0 atom stereocenters. The van der Waals surface area contributed by atoms with Crippen molar-refractivity contribution in [1.29, 1.82) is 0 Å². The van der Waals surface area contributed by atoms with Crippen molar-refractivity contribution in [3.63, 3.8) is 0 Å². The summed E-state index contributed by atoms with van der Waals surface area (Å²) >= 11 is 0. The van der Waals surface area contributed by atoms with Gasteiger partial charge in [-0.2, -0.15) is 0 Å². The summed E-state index contributed by atoms with van der Waals surface area (Å²) in [7, 11) is 0. The minimum absolute atomic E-state index is 0.0113. The predicted octanol–water partition coefficient (Wildman–Crippen LogP) is 2.52. The number of nitrogens with two attached hydrogens (primary N) is 1. The average molecular weight is 288 g/mol. The van der Waals surface area contributed by atoms with Crippen LogP contribution in [0.15, 0.2) is 29.2 Å². The summed E-state index contributed by atoms with van der Waals surface area (Å²) in [6.45, 7) is 7.91. The maximum atomic E-state index is 12.6. The van der Waals surface area contributed by atoms with Crippen LogP contribution in [0.2, 0.25) is 0 Å². The molecule has 0 aliphatic carbocycles. The number of rotatable bonds is 2. The summed E-state index contributed by atoms with van der Waals surface area (Å²) in [5.41, 5.74) is 6.34. The van der Waals surface area contributed by atoms with Gasteiger partial charge in [-0.3, -0.25) is 4.79 Å². The van der Waals surface area contributed by atoms with Crippen LogP contribution in [-0.4, -0.2) is 17.1 Å². The summed E-state index contributed by atoms with van der Waals surface area (Å²) in [5.74, 6) is -0.620. The number of carbonyl (C=O) groups is 1. The maximum absolute atomic E-state index is 12.6. The Morgan fingerprint density at radius 1 is 1.33 bits per heavy atom. The number of anilines is 1. The summed E-state index contributed by atoms with van der Waals surface area (Å²) in [4.78, 5) is 24.6. The second-order valence-electron chi connectivity index (χ2n) is 5.87. The minimum atomic E-state index is -0.620. The van der Waals surface area contributed by atoms with Gasteiger partial charge in [-0.15, -0.1) is 0 Å². The second-order valence-corrected chi connectivity index (χ2v) is 5.87. The first-order valence-electron chi connectivity index (χ1n) is 6.88. The molecule has 112 valence electrons. The zero-order chi connectivity index (χ0) is 15.8. The van der Waals surface area contributed by atoms with Gasteiger partial charge in [-0.25, -0.2) is 4.79 Å². The van der Waals surface area contributed by atoms with E-state index in [0.717, 1.165) is 0 Å².